The predicted octanol–water partition coefficient (Wildman–Crippen LogP) is -0.312. The molecule has 0 aromatic carbocycles. The molecule has 0 unspecified atom stereocenters. The summed E-state index contributed by atoms with van der Waals surface area (Å²) >= 11 is 0. The minimum absolute atomic E-state index is 0.176. The number of nitrogens with zero attached hydrogens (tertiary/aromatic N) is 6. The molecule has 0 bridgehead atoms. The van der Waals surface area contributed by atoms with Crippen LogP contribution in [0.2, 0.25) is 0 Å². The van der Waals surface area contributed by atoms with Gasteiger partial charge in [-0.1, -0.05) is 5.21 Å². The van der Waals surface area contributed by atoms with Crippen LogP contribution >= 0.6 is 0 Å². The summed E-state index contributed by atoms with van der Waals surface area (Å²) in [4.78, 5) is 0. The van der Waals surface area contributed by atoms with Gasteiger partial charge in [0.15, 0.2) is 5.82 Å². The fourth-order valence-corrected chi connectivity index (χ4v) is 1.52. The zero-order chi connectivity index (χ0) is 12.3. The third-order valence-electron chi connectivity index (χ3n) is 2.66. The van der Waals surface area contributed by atoms with Crippen LogP contribution in [0.4, 0.5) is 0 Å². The summed E-state index contributed by atoms with van der Waals surface area (Å²) < 4.78 is 3.66. The molecule has 0 fully saturated rings. The van der Waals surface area contributed by atoms with Crippen LogP contribution in [0, 0.1) is 6.92 Å². The van der Waals surface area contributed by atoms with E-state index in [9.17, 15) is 0 Å². The van der Waals surface area contributed by atoms with Gasteiger partial charge in [0, 0.05) is 19.9 Å². The zero-order valence-electron chi connectivity index (χ0n) is 10.0. The molecule has 2 aromatic heterocycles. The maximum absolute atomic E-state index is 8.73. The first-order chi connectivity index (χ1) is 8.20. The van der Waals surface area contributed by atoms with Crippen molar-refractivity contribution in [1.29, 1.82) is 0 Å². The van der Waals surface area contributed by atoms with Gasteiger partial charge in [-0.3, -0.25) is 0 Å². The van der Waals surface area contributed by atoms with Crippen molar-refractivity contribution in [1.82, 2.24) is 29.8 Å². The van der Waals surface area contributed by atoms with Gasteiger partial charge >= 0.3 is 0 Å². The minimum atomic E-state index is 0.176. The fraction of sp³-hybridized carbons (Fsp3) is 0.600. The Kier molecular flexibility index (Phi) is 3.48. The summed E-state index contributed by atoms with van der Waals surface area (Å²) in [5.74, 6) is 1.72. The van der Waals surface area contributed by atoms with Crippen molar-refractivity contribution < 1.29 is 5.11 Å². The molecule has 92 valence electrons. The fourth-order valence-electron chi connectivity index (χ4n) is 1.52. The molecule has 0 amide bonds. The van der Waals surface area contributed by atoms with Crippen LogP contribution in [0.15, 0.2) is 6.20 Å². The summed E-state index contributed by atoms with van der Waals surface area (Å²) in [7, 11) is 1.92. The number of aromatic nitrogens is 6. The van der Waals surface area contributed by atoms with Gasteiger partial charge in [0.25, 0.3) is 0 Å². The van der Waals surface area contributed by atoms with Gasteiger partial charge in [-0.2, -0.15) is 0 Å². The topological polar surface area (TPSA) is 81.7 Å². The largest absolute Gasteiger partial charge is 0.396 e. The Labute approximate surface area is 99.1 Å². The zero-order valence-corrected chi connectivity index (χ0v) is 10.0. The normalized spacial score (nSPS) is 11.0. The molecule has 0 saturated heterocycles. The molecule has 0 aliphatic rings. The average Bonchev–Trinajstić information content (AvgIpc) is 2.89. The van der Waals surface area contributed by atoms with E-state index >= 15 is 0 Å². The van der Waals surface area contributed by atoms with Gasteiger partial charge in [-0.25, -0.2) is 4.68 Å². The van der Waals surface area contributed by atoms with Crippen LogP contribution < -0.4 is 0 Å². The predicted molar refractivity (Wildman–Crippen MR) is 60.3 cm³/mol. The maximum atomic E-state index is 8.73. The second-order valence-electron chi connectivity index (χ2n) is 3.96. The van der Waals surface area contributed by atoms with Gasteiger partial charge < -0.3 is 9.67 Å². The highest BCUT2D eigenvalue weighted by atomic mass is 16.2. The number of aryl methyl sites for hydroxylation is 2. The summed E-state index contributed by atoms with van der Waals surface area (Å²) in [5, 5.41) is 24.8. The first kappa shape index (κ1) is 11.7. The molecular weight excluding hydrogens is 220 g/mol. The van der Waals surface area contributed by atoms with E-state index in [0.717, 1.165) is 23.8 Å². The Morgan fingerprint density at radius 1 is 1.29 bits per heavy atom. The number of hydrogen-bond donors (Lipinski definition) is 1. The van der Waals surface area contributed by atoms with Crippen molar-refractivity contribution >= 4 is 0 Å². The average molecular weight is 236 g/mol. The van der Waals surface area contributed by atoms with Gasteiger partial charge in [0.1, 0.15) is 12.4 Å². The van der Waals surface area contributed by atoms with Crippen LogP contribution in [-0.4, -0.2) is 41.5 Å². The monoisotopic (exact) mass is 236 g/mol. The number of rotatable bonds is 5. The Bertz CT molecular complexity index is 489. The summed E-state index contributed by atoms with van der Waals surface area (Å²) in [6, 6.07) is 0. The van der Waals surface area contributed by atoms with E-state index in [-0.39, 0.29) is 6.61 Å². The Morgan fingerprint density at radius 2 is 2.12 bits per heavy atom. The molecule has 2 rings (SSSR count). The SMILES string of the molecule is Cc1nnc(Cn2cc(CCCO)nn2)n1C. The third-order valence-corrected chi connectivity index (χ3v) is 2.66. The highest BCUT2D eigenvalue weighted by molar-refractivity contribution is 4.97. The van der Waals surface area contributed by atoms with Crippen molar-refractivity contribution in [3.63, 3.8) is 0 Å². The van der Waals surface area contributed by atoms with Crippen LogP contribution in [0.3, 0.4) is 0 Å². The highest BCUT2D eigenvalue weighted by Crippen LogP contribution is 2.02. The smallest absolute Gasteiger partial charge is 0.154 e. The first-order valence-electron chi connectivity index (χ1n) is 5.55. The molecule has 0 saturated carbocycles. The molecule has 0 atom stereocenters. The summed E-state index contributed by atoms with van der Waals surface area (Å²) in [6.07, 6.45) is 3.33. The third kappa shape index (κ3) is 2.68. The lowest BCUT2D eigenvalue weighted by molar-refractivity contribution is 0.288. The first-order valence-corrected chi connectivity index (χ1v) is 5.55. The van der Waals surface area contributed by atoms with Gasteiger partial charge in [0.05, 0.1) is 5.69 Å². The van der Waals surface area contributed by atoms with Crippen LogP contribution in [-0.2, 0) is 20.0 Å². The van der Waals surface area contributed by atoms with E-state index in [1.165, 1.54) is 0 Å². The van der Waals surface area contributed by atoms with Crippen LogP contribution in [0.1, 0.15) is 23.8 Å². The second kappa shape index (κ2) is 5.05. The molecular formula is C10H16N6O. The highest BCUT2D eigenvalue weighted by Gasteiger charge is 2.07. The lowest BCUT2D eigenvalue weighted by Crippen LogP contribution is -2.07. The summed E-state index contributed by atoms with van der Waals surface area (Å²) in [5.41, 5.74) is 0.887. The van der Waals surface area contributed by atoms with Crippen molar-refractivity contribution in [2.75, 3.05) is 6.61 Å². The van der Waals surface area contributed by atoms with E-state index in [1.807, 2.05) is 24.7 Å². The second-order valence-corrected chi connectivity index (χ2v) is 3.96. The lowest BCUT2D eigenvalue weighted by Gasteiger charge is -2.00. The summed E-state index contributed by atoms with van der Waals surface area (Å²) in [6.45, 7) is 2.64. The number of aliphatic hydroxyl groups is 1. The van der Waals surface area contributed by atoms with E-state index < -0.39 is 0 Å². The van der Waals surface area contributed by atoms with E-state index in [1.54, 1.807) is 4.68 Å². The number of hydrogen-bond acceptors (Lipinski definition) is 5. The van der Waals surface area contributed by atoms with E-state index in [4.69, 9.17) is 5.11 Å². The minimum Gasteiger partial charge on any atom is -0.396 e. The molecule has 0 aliphatic carbocycles. The molecule has 7 heteroatoms. The Morgan fingerprint density at radius 3 is 2.76 bits per heavy atom. The molecule has 0 aliphatic heterocycles. The van der Waals surface area contributed by atoms with Gasteiger partial charge in [-0.05, 0) is 19.8 Å². The van der Waals surface area contributed by atoms with E-state index in [0.29, 0.717) is 13.0 Å². The molecule has 17 heavy (non-hydrogen) atoms. The quantitative estimate of drug-likeness (QED) is 0.770. The Hall–Kier alpha value is -1.76. The molecule has 0 radical (unpaired) electrons. The number of aliphatic hydroxyl groups excluding tert-OH is 1. The van der Waals surface area contributed by atoms with E-state index in [2.05, 4.69) is 20.5 Å². The molecule has 2 heterocycles. The van der Waals surface area contributed by atoms with Crippen molar-refractivity contribution in [2.45, 2.75) is 26.3 Å². The molecule has 0 spiro atoms. The van der Waals surface area contributed by atoms with Crippen molar-refractivity contribution in [3.8, 4) is 0 Å². The van der Waals surface area contributed by atoms with Crippen LogP contribution in [0.25, 0.3) is 0 Å². The van der Waals surface area contributed by atoms with Crippen LogP contribution in [0.5, 0.6) is 0 Å². The lowest BCUT2D eigenvalue weighted by atomic mass is 10.3. The maximum Gasteiger partial charge on any atom is 0.154 e. The van der Waals surface area contributed by atoms with Crippen molar-refractivity contribution in [3.05, 3.63) is 23.5 Å². The Balaban J connectivity index is 2.04. The molecule has 1 N–H and O–H groups in total. The molecule has 7 nitrogen and oxygen atoms in total. The van der Waals surface area contributed by atoms with Gasteiger partial charge in [0.2, 0.25) is 0 Å². The van der Waals surface area contributed by atoms with Crippen molar-refractivity contribution in [2.24, 2.45) is 7.05 Å². The molecule has 2 aromatic rings. The standard InChI is InChI=1S/C10H16N6O/c1-8-11-13-10(15(8)2)7-16-6-9(12-14-16)4-3-5-17/h6,17H,3-5,7H2,1-2H3. The van der Waals surface area contributed by atoms with Gasteiger partial charge in [-0.15, -0.1) is 15.3 Å².